The Balaban J connectivity index is 1.57. The number of carbonyl (C=O) groups is 1. The highest BCUT2D eigenvalue weighted by Gasteiger charge is 2.15. The summed E-state index contributed by atoms with van der Waals surface area (Å²) in [4.78, 5) is 11.9. The van der Waals surface area contributed by atoms with Crippen molar-refractivity contribution in [2.45, 2.75) is 63.8 Å². The van der Waals surface area contributed by atoms with E-state index in [4.69, 9.17) is 0 Å². The van der Waals surface area contributed by atoms with E-state index < -0.39 is 0 Å². The van der Waals surface area contributed by atoms with Gasteiger partial charge in [-0.05, 0) is 44.6 Å². The molecule has 0 saturated heterocycles. The van der Waals surface area contributed by atoms with Gasteiger partial charge in [0, 0.05) is 6.04 Å². The molecule has 0 aromatic rings. The van der Waals surface area contributed by atoms with E-state index in [0.29, 0.717) is 12.6 Å². The minimum Gasteiger partial charge on any atom is -0.352 e. The molecule has 19 heavy (non-hydrogen) atoms. The minimum absolute atomic E-state index is 0.179. The van der Waals surface area contributed by atoms with Crippen LogP contribution in [0.3, 0.4) is 0 Å². The molecular formula is C16H28N2O. The first-order valence-corrected chi connectivity index (χ1v) is 7.99. The molecule has 108 valence electrons. The van der Waals surface area contributed by atoms with Gasteiger partial charge in [-0.3, -0.25) is 4.79 Å². The largest absolute Gasteiger partial charge is 0.352 e. The van der Waals surface area contributed by atoms with Gasteiger partial charge in [0.05, 0.1) is 6.54 Å². The van der Waals surface area contributed by atoms with Crippen LogP contribution in [0.25, 0.3) is 0 Å². The van der Waals surface area contributed by atoms with Crippen molar-refractivity contribution < 1.29 is 4.79 Å². The topological polar surface area (TPSA) is 41.1 Å². The van der Waals surface area contributed by atoms with Crippen LogP contribution in [0.1, 0.15) is 57.8 Å². The Morgan fingerprint density at radius 3 is 2.53 bits per heavy atom. The number of allylic oxidation sites excluding steroid dienone is 2. The van der Waals surface area contributed by atoms with Crippen LogP contribution in [0.4, 0.5) is 0 Å². The van der Waals surface area contributed by atoms with Gasteiger partial charge in [0.25, 0.3) is 0 Å². The zero-order valence-corrected chi connectivity index (χ0v) is 12.0. The Morgan fingerprint density at radius 1 is 1.05 bits per heavy atom. The van der Waals surface area contributed by atoms with E-state index in [1.807, 2.05) is 0 Å². The Kier molecular flexibility index (Phi) is 6.42. The molecule has 0 radical (unpaired) electrons. The molecule has 0 aromatic heterocycles. The van der Waals surface area contributed by atoms with Crippen LogP contribution in [0.15, 0.2) is 12.2 Å². The molecule has 3 nitrogen and oxygen atoms in total. The molecule has 2 aliphatic rings. The fourth-order valence-electron chi connectivity index (χ4n) is 3.13. The third-order valence-electron chi connectivity index (χ3n) is 4.32. The third kappa shape index (κ3) is 5.77. The van der Waals surface area contributed by atoms with Crippen LogP contribution in [0, 0.1) is 5.92 Å². The first-order chi connectivity index (χ1) is 9.34. The number of rotatable bonds is 5. The number of nitrogens with one attached hydrogen (secondary N) is 2. The lowest BCUT2D eigenvalue weighted by molar-refractivity contribution is -0.121. The molecule has 1 amide bonds. The van der Waals surface area contributed by atoms with Crippen molar-refractivity contribution >= 4 is 5.91 Å². The highest BCUT2D eigenvalue weighted by atomic mass is 16.1. The lowest BCUT2D eigenvalue weighted by Crippen LogP contribution is -2.41. The van der Waals surface area contributed by atoms with E-state index in [1.54, 1.807) is 0 Å². The van der Waals surface area contributed by atoms with Crippen molar-refractivity contribution in [3.05, 3.63) is 12.2 Å². The summed E-state index contributed by atoms with van der Waals surface area (Å²) < 4.78 is 0. The van der Waals surface area contributed by atoms with E-state index in [1.165, 1.54) is 51.4 Å². The van der Waals surface area contributed by atoms with E-state index >= 15 is 0 Å². The van der Waals surface area contributed by atoms with Crippen molar-refractivity contribution in [1.29, 1.82) is 0 Å². The maximum atomic E-state index is 11.9. The fourth-order valence-corrected chi connectivity index (χ4v) is 3.13. The summed E-state index contributed by atoms with van der Waals surface area (Å²) in [5.41, 5.74) is 0. The van der Waals surface area contributed by atoms with Gasteiger partial charge in [-0.15, -0.1) is 0 Å². The average Bonchev–Trinajstić information content (AvgIpc) is 2.68. The molecule has 1 saturated carbocycles. The summed E-state index contributed by atoms with van der Waals surface area (Å²) in [5, 5.41) is 6.50. The quantitative estimate of drug-likeness (QED) is 0.592. The number of carbonyl (C=O) groups excluding carboxylic acids is 1. The van der Waals surface area contributed by atoms with Gasteiger partial charge in [-0.1, -0.05) is 37.8 Å². The monoisotopic (exact) mass is 264 g/mol. The minimum atomic E-state index is 0.179. The Labute approximate surface area is 117 Å². The fraction of sp³-hybridized carbons (Fsp3) is 0.812. The third-order valence-corrected chi connectivity index (χ3v) is 4.32. The lowest BCUT2D eigenvalue weighted by atomic mass is 9.94. The smallest absolute Gasteiger partial charge is 0.234 e. The van der Waals surface area contributed by atoms with Crippen molar-refractivity contribution in [1.82, 2.24) is 10.6 Å². The van der Waals surface area contributed by atoms with Gasteiger partial charge in [-0.25, -0.2) is 0 Å². The second-order valence-corrected chi connectivity index (χ2v) is 6.04. The van der Waals surface area contributed by atoms with Gasteiger partial charge < -0.3 is 10.6 Å². The maximum Gasteiger partial charge on any atom is 0.234 e. The Bertz CT molecular complexity index is 293. The number of hydrogen-bond donors (Lipinski definition) is 2. The molecule has 0 aliphatic heterocycles. The predicted octanol–water partition coefficient (Wildman–Crippen LogP) is 2.77. The molecule has 3 heteroatoms. The van der Waals surface area contributed by atoms with Gasteiger partial charge in [0.15, 0.2) is 0 Å². The summed E-state index contributed by atoms with van der Waals surface area (Å²) in [6, 6.07) is 0.425. The van der Waals surface area contributed by atoms with E-state index in [0.717, 1.165) is 18.9 Å². The molecule has 1 fully saturated rings. The molecule has 0 heterocycles. The maximum absolute atomic E-state index is 11.9. The molecule has 2 aliphatic carbocycles. The van der Waals surface area contributed by atoms with Gasteiger partial charge >= 0.3 is 0 Å². The van der Waals surface area contributed by atoms with Gasteiger partial charge in [-0.2, -0.15) is 0 Å². The molecule has 1 atom stereocenters. The van der Waals surface area contributed by atoms with Gasteiger partial charge in [0.1, 0.15) is 0 Å². The SMILES string of the molecule is O=C(CNCC1CC=CCC1)NC1CCCCCC1. The highest BCUT2D eigenvalue weighted by Crippen LogP contribution is 2.17. The Morgan fingerprint density at radius 2 is 1.84 bits per heavy atom. The van der Waals surface area contributed by atoms with Crippen molar-refractivity contribution in [3.8, 4) is 0 Å². The lowest BCUT2D eigenvalue weighted by Gasteiger charge is -2.19. The van der Waals surface area contributed by atoms with Crippen molar-refractivity contribution in [2.24, 2.45) is 5.92 Å². The van der Waals surface area contributed by atoms with Crippen LogP contribution >= 0.6 is 0 Å². The standard InChI is InChI=1S/C16H28N2O/c19-16(18-15-10-6-1-2-7-11-15)13-17-12-14-8-4-3-5-9-14/h3-4,14-15,17H,1-2,5-13H2,(H,18,19). The average molecular weight is 264 g/mol. The number of amides is 1. The summed E-state index contributed by atoms with van der Waals surface area (Å²) in [5.74, 6) is 0.897. The van der Waals surface area contributed by atoms with E-state index in [9.17, 15) is 4.79 Å². The van der Waals surface area contributed by atoms with E-state index in [-0.39, 0.29) is 5.91 Å². The van der Waals surface area contributed by atoms with Crippen LogP contribution in [-0.4, -0.2) is 25.0 Å². The normalized spacial score (nSPS) is 24.9. The summed E-state index contributed by atoms with van der Waals surface area (Å²) in [6.07, 6.45) is 15.7. The molecule has 2 rings (SSSR count). The van der Waals surface area contributed by atoms with Crippen molar-refractivity contribution in [3.63, 3.8) is 0 Å². The van der Waals surface area contributed by atoms with E-state index in [2.05, 4.69) is 22.8 Å². The van der Waals surface area contributed by atoms with Crippen molar-refractivity contribution in [2.75, 3.05) is 13.1 Å². The molecular weight excluding hydrogens is 236 g/mol. The molecule has 2 N–H and O–H groups in total. The molecule has 0 aromatic carbocycles. The van der Waals surface area contributed by atoms with Crippen LogP contribution in [0.5, 0.6) is 0 Å². The molecule has 0 spiro atoms. The summed E-state index contributed by atoms with van der Waals surface area (Å²) >= 11 is 0. The van der Waals surface area contributed by atoms with Gasteiger partial charge in [0.2, 0.25) is 5.91 Å². The first-order valence-electron chi connectivity index (χ1n) is 7.99. The van der Waals surface area contributed by atoms with Crippen LogP contribution in [0.2, 0.25) is 0 Å². The highest BCUT2D eigenvalue weighted by molar-refractivity contribution is 5.78. The zero-order valence-electron chi connectivity index (χ0n) is 12.0. The second kappa shape index (κ2) is 8.36. The second-order valence-electron chi connectivity index (χ2n) is 6.04. The van der Waals surface area contributed by atoms with Crippen LogP contribution in [-0.2, 0) is 4.79 Å². The Hall–Kier alpha value is -0.830. The molecule has 0 bridgehead atoms. The summed E-state index contributed by atoms with van der Waals surface area (Å²) in [6.45, 7) is 1.46. The van der Waals surface area contributed by atoms with Crippen LogP contribution < -0.4 is 10.6 Å². The molecule has 1 unspecified atom stereocenters. The predicted molar refractivity (Wildman–Crippen MR) is 79.0 cm³/mol. The number of hydrogen-bond acceptors (Lipinski definition) is 2. The first kappa shape index (κ1) is 14.6. The zero-order chi connectivity index (χ0) is 13.3. The summed E-state index contributed by atoms with van der Waals surface area (Å²) in [7, 11) is 0.